The fraction of sp³-hybridized carbons (Fsp3) is 0.125. The van der Waals surface area contributed by atoms with Gasteiger partial charge in [-0.1, -0.05) is 0 Å². The molecule has 0 unspecified atom stereocenters. The van der Waals surface area contributed by atoms with Gasteiger partial charge in [-0.25, -0.2) is 28.8 Å². The maximum absolute atomic E-state index is 15.3. The highest BCUT2D eigenvalue weighted by atomic mass is 16.7. The summed E-state index contributed by atoms with van der Waals surface area (Å²) in [6, 6.07) is 4.14. The number of carboxylic acids is 1. The number of carbonyl (C=O) groups excluding carboxylic acids is 5. The Balaban J connectivity index is 1.40. The second kappa shape index (κ2) is 20.0. The number of benzene rings is 6. The van der Waals surface area contributed by atoms with Crippen LogP contribution in [0, 0.1) is 0 Å². The van der Waals surface area contributed by atoms with Crippen LogP contribution in [0.3, 0.4) is 0 Å². The van der Waals surface area contributed by atoms with Gasteiger partial charge in [0.15, 0.2) is 98.5 Å². The predicted octanol–water partition coefficient (Wildman–Crippen LogP) is 2.57. The number of esters is 5. The van der Waals surface area contributed by atoms with E-state index in [9.17, 15) is 116 Å². The standard InChI is InChI=1S/C48H34O31/c49-16-2-12(3-17(50)29(16)57)43(68)77-40-38-25(75-48(79-45(70)14-6-20(53)31(59)21(54)7-14)41(40)78-44(69)13-4-18(51)30(58)19(52)5-13)10-73-46(71)15-9-23(56)33(61)34(62)26(15)27-28(47(72)76-38)39(37(65)36(64)35(27)63)74-24-8-11(42(66)67)1-22(55)32(24)60/h1-9,25,38,40-41,48-65H,10H2,(H,66,67)/t25-,38-,40+,41-,48-/m1/s1. The molecule has 0 aromatic heterocycles. The van der Waals surface area contributed by atoms with Gasteiger partial charge >= 0.3 is 35.8 Å². The average Bonchev–Trinajstić information content (AvgIpc) is 3.54. The molecule has 0 radical (unpaired) electrons. The van der Waals surface area contributed by atoms with Crippen molar-refractivity contribution in [3.63, 3.8) is 0 Å². The molecule has 412 valence electrons. The number of hydrogen-bond donors (Lipinski definition) is 18. The molecule has 6 aromatic rings. The highest BCUT2D eigenvalue weighted by molar-refractivity contribution is 6.10. The second-order valence-electron chi connectivity index (χ2n) is 16.6. The van der Waals surface area contributed by atoms with Crippen molar-refractivity contribution in [2.45, 2.75) is 30.7 Å². The Morgan fingerprint density at radius 2 is 0.861 bits per heavy atom. The number of fused-ring (bicyclic) bond motifs is 4. The summed E-state index contributed by atoms with van der Waals surface area (Å²) in [7, 11) is 0. The summed E-state index contributed by atoms with van der Waals surface area (Å²) in [5.74, 6) is -37.0. The third-order valence-corrected chi connectivity index (χ3v) is 11.7. The summed E-state index contributed by atoms with van der Waals surface area (Å²) >= 11 is 0. The Morgan fingerprint density at radius 1 is 0.430 bits per heavy atom. The number of hydrogen-bond acceptors (Lipinski definition) is 30. The molecule has 2 aliphatic rings. The van der Waals surface area contributed by atoms with Gasteiger partial charge in [0.2, 0.25) is 35.4 Å². The van der Waals surface area contributed by atoms with E-state index in [-0.39, 0.29) is 0 Å². The Hall–Kier alpha value is -11.5. The van der Waals surface area contributed by atoms with E-state index >= 15 is 4.79 Å². The molecule has 5 atom stereocenters. The minimum atomic E-state index is -2.76. The number of aromatic carboxylic acids is 1. The lowest BCUT2D eigenvalue weighted by Crippen LogP contribution is -2.63. The van der Waals surface area contributed by atoms with E-state index < -0.39 is 227 Å². The third-order valence-electron chi connectivity index (χ3n) is 11.7. The quantitative estimate of drug-likeness (QED) is 0.0562. The molecule has 31 nitrogen and oxygen atoms in total. The Bertz CT molecular complexity index is 3550. The summed E-state index contributed by atoms with van der Waals surface area (Å²) in [4.78, 5) is 83.7. The zero-order valence-electron chi connectivity index (χ0n) is 38.6. The van der Waals surface area contributed by atoms with Crippen LogP contribution in [0.2, 0.25) is 0 Å². The van der Waals surface area contributed by atoms with Gasteiger partial charge in [-0.15, -0.1) is 0 Å². The van der Waals surface area contributed by atoms with Gasteiger partial charge in [-0.3, -0.25) is 0 Å². The number of carbonyl (C=O) groups is 6. The Morgan fingerprint density at radius 3 is 1.35 bits per heavy atom. The SMILES string of the molecule is O=C(O)c1cc(O)c(O)c(Oc2c(O)c(O)c(O)c3c2C(=O)O[C@H]2[C@H](OC(=O)c4cc(O)c(O)c(O)c4)[C@@H](OC(=O)c4cc(O)c(O)c(O)c4)[C@@H](OC(=O)c4cc(O)c(O)c(O)c4)O[C@@H]2COC(=O)c2cc(O)c(O)c(O)c2-3)c1. The summed E-state index contributed by atoms with van der Waals surface area (Å²) in [5.41, 5.74) is -9.18. The topological polar surface area (TPSA) is 531 Å². The lowest BCUT2D eigenvalue weighted by atomic mass is 9.91. The molecule has 1 saturated heterocycles. The molecular formula is C48H34O31. The smallest absolute Gasteiger partial charge is 0.343 e. The van der Waals surface area contributed by atoms with E-state index in [4.69, 9.17) is 33.2 Å². The highest BCUT2D eigenvalue weighted by Crippen LogP contribution is 2.58. The van der Waals surface area contributed by atoms with E-state index in [1.54, 1.807) is 0 Å². The maximum Gasteiger partial charge on any atom is 0.343 e. The Labute approximate surface area is 434 Å². The number of phenols is 17. The van der Waals surface area contributed by atoms with Gasteiger partial charge in [-0.2, -0.15) is 0 Å². The van der Waals surface area contributed by atoms with Crippen molar-refractivity contribution in [1.29, 1.82) is 0 Å². The van der Waals surface area contributed by atoms with Gasteiger partial charge in [0.1, 0.15) is 18.3 Å². The lowest BCUT2D eigenvalue weighted by molar-refractivity contribution is -0.282. The lowest BCUT2D eigenvalue weighted by Gasteiger charge is -2.43. The van der Waals surface area contributed by atoms with Crippen LogP contribution in [-0.4, -0.2) is 165 Å². The molecule has 0 bridgehead atoms. The molecule has 0 saturated carbocycles. The van der Waals surface area contributed by atoms with Crippen molar-refractivity contribution >= 4 is 35.8 Å². The van der Waals surface area contributed by atoms with Crippen molar-refractivity contribution in [3.05, 3.63) is 88.0 Å². The summed E-state index contributed by atoms with van der Waals surface area (Å²) < 4.78 is 39.3. The highest BCUT2D eigenvalue weighted by Gasteiger charge is 2.56. The molecule has 18 N–H and O–H groups in total. The number of phenolic OH excluding ortho intramolecular Hbond substituents is 17. The molecule has 79 heavy (non-hydrogen) atoms. The largest absolute Gasteiger partial charge is 0.504 e. The van der Waals surface area contributed by atoms with Gasteiger partial charge in [0.05, 0.1) is 33.4 Å². The van der Waals surface area contributed by atoms with Gasteiger partial charge in [0.25, 0.3) is 0 Å². The van der Waals surface area contributed by atoms with Gasteiger partial charge in [-0.05, 0) is 54.6 Å². The number of ether oxygens (including phenoxy) is 7. The number of rotatable bonds is 9. The molecule has 2 heterocycles. The monoisotopic (exact) mass is 1110 g/mol. The summed E-state index contributed by atoms with van der Waals surface area (Å²) in [5, 5.41) is 189. The molecule has 0 spiro atoms. The van der Waals surface area contributed by atoms with E-state index in [0.29, 0.717) is 54.6 Å². The van der Waals surface area contributed by atoms with Crippen LogP contribution < -0.4 is 4.74 Å². The average molecular weight is 1110 g/mol. The number of carboxylic acid groups (broad SMARTS) is 1. The minimum absolute atomic E-state index is 0.331. The molecule has 2 aliphatic heterocycles. The zero-order chi connectivity index (χ0) is 58.0. The molecule has 31 heteroatoms. The molecule has 6 aromatic carbocycles. The Kier molecular flexibility index (Phi) is 13.6. The van der Waals surface area contributed by atoms with Crippen molar-refractivity contribution in [1.82, 2.24) is 0 Å². The van der Waals surface area contributed by atoms with E-state index in [1.165, 1.54) is 0 Å². The minimum Gasteiger partial charge on any atom is -0.504 e. The van der Waals surface area contributed by atoms with Crippen LogP contribution in [0.1, 0.15) is 62.1 Å². The van der Waals surface area contributed by atoms with E-state index in [2.05, 4.69) is 0 Å². The third kappa shape index (κ3) is 9.63. The van der Waals surface area contributed by atoms with Gasteiger partial charge in [0, 0.05) is 5.56 Å². The van der Waals surface area contributed by atoms with Crippen molar-refractivity contribution in [2.24, 2.45) is 0 Å². The van der Waals surface area contributed by atoms with Crippen LogP contribution >= 0.6 is 0 Å². The van der Waals surface area contributed by atoms with Crippen molar-refractivity contribution < 1.29 is 154 Å². The van der Waals surface area contributed by atoms with Crippen molar-refractivity contribution in [2.75, 3.05) is 6.61 Å². The van der Waals surface area contributed by atoms with E-state index in [0.717, 1.165) is 0 Å². The first-order valence-electron chi connectivity index (χ1n) is 21.6. The molecule has 0 amide bonds. The maximum atomic E-state index is 15.3. The van der Waals surface area contributed by atoms with Crippen LogP contribution in [-0.2, 0) is 28.4 Å². The fourth-order valence-corrected chi connectivity index (χ4v) is 7.84. The zero-order valence-corrected chi connectivity index (χ0v) is 38.6. The molecular weight excluding hydrogens is 1070 g/mol. The first-order valence-corrected chi connectivity index (χ1v) is 21.6. The first kappa shape index (κ1) is 53.8. The van der Waals surface area contributed by atoms with E-state index in [1.807, 2.05) is 0 Å². The molecule has 1 fully saturated rings. The van der Waals surface area contributed by atoms with Crippen LogP contribution in [0.4, 0.5) is 0 Å². The normalized spacial score (nSPS) is 17.7. The fourth-order valence-electron chi connectivity index (χ4n) is 7.84. The number of aromatic hydroxyl groups is 17. The molecule has 0 aliphatic carbocycles. The molecule has 8 rings (SSSR count). The van der Waals surface area contributed by atoms with Crippen LogP contribution in [0.15, 0.2) is 54.6 Å². The van der Waals surface area contributed by atoms with Crippen LogP contribution in [0.5, 0.6) is 109 Å². The van der Waals surface area contributed by atoms with Crippen molar-refractivity contribution in [3.8, 4) is 120 Å². The van der Waals surface area contributed by atoms with Gasteiger partial charge < -0.3 is 125 Å². The van der Waals surface area contributed by atoms with Crippen LogP contribution in [0.25, 0.3) is 11.1 Å². The number of cyclic esters (lactones) is 1. The summed E-state index contributed by atoms with van der Waals surface area (Å²) in [6.45, 7) is -1.43. The predicted molar refractivity (Wildman–Crippen MR) is 245 cm³/mol. The first-order chi connectivity index (χ1) is 37.1. The second-order valence-corrected chi connectivity index (χ2v) is 16.6. The summed E-state index contributed by atoms with van der Waals surface area (Å²) in [6.07, 6.45) is -13.3.